The fourth-order valence-corrected chi connectivity index (χ4v) is 3.10. The molecule has 0 fully saturated rings. The third-order valence-electron chi connectivity index (χ3n) is 3.45. The highest BCUT2D eigenvalue weighted by Gasteiger charge is 2.17. The molecule has 1 N–H and O–H groups in total. The Balaban J connectivity index is 1.99. The van der Waals surface area contributed by atoms with Crippen LogP contribution in [0.1, 0.15) is 12.2 Å². The van der Waals surface area contributed by atoms with Gasteiger partial charge < -0.3 is 9.13 Å². The molecule has 0 aliphatic carbocycles. The van der Waals surface area contributed by atoms with Gasteiger partial charge >= 0.3 is 5.69 Å². The van der Waals surface area contributed by atoms with Crippen molar-refractivity contribution in [2.75, 3.05) is 6.54 Å². The highest BCUT2D eigenvalue weighted by atomic mass is 32.2. The van der Waals surface area contributed by atoms with Crippen LogP contribution in [-0.2, 0) is 30.7 Å². The summed E-state index contributed by atoms with van der Waals surface area (Å²) in [5.41, 5.74) is -0.836. The number of nitrogens with zero attached hydrogens (tertiary/aromatic N) is 4. The molecule has 0 radical (unpaired) electrons. The molecule has 0 spiro atoms. The molecule has 0 aromatic carbocycles. The zero-order valence-corrected chi connectivity index (χ0v) is 14.0. The van der Waals surface area contributed by atoms with Gasteiger partial charge in [-0.1, -0.05) is 0 Å². The van der Waals surface area contributed by atoms with Gasteiger partial charge in [-0.05, 0) is 13.3 Å². The lowest BCUT2D eigenvalue weighted by Gasteiger charge is -2.07. The van der Waals surface area contributed by atoms with Crippen LogP contribution in [-0.4, -0.2) is 33.6 Å². The van der Waals surface area contributed by atoms with Crippen molar-refractivity contribution in [3.05, 3.63) is 45.1 Å². The molecule has 10 heteroatoms. The normalized spacial score (nSPS) is 11.8. The maximum absolute atomic E-state index is 12.1. The Kier molecular flexibility index (Phi) is 4.85. The minimum Gasteiger partial charge on any atom is -0.337 e. The predicted octanol–water partition coefficient (Wildman–Crippen LogP) is -1.04. The Morgan fingerprint density at radius 3 is 2.52 bits per heavy atom. The van der Waals surface area contributed by atoms with E-state index in [1.165, 1.54) is 23.0 Å². The SMILES string of the molecule is Cc1nc(S(=O)(=O)NCCCn2c(=O)ccn(C)c2=O)cn1C. The summed E-state index contributed by atoms with van der Waals surface area (Å²) in [5, 5.41) is -0.0507. The maximum atomic E-state index is 12.1. The second-order valence-electron chi connectivity index (χ2n) is 5.19. The zero-order chi connectivity index (χ0) is 17.2. The van der Waals surface area contributed by atoms with Gasteiger partial charge in [-0.2, -0.15) is 0 Å². The van der Waals surface area contributed by atoms with Gasteiger partial charge in [0.1, 0.15) is 5.82 Å². The predicted molar refractivity (Wildman–Crippen MR) is 83.7 cm³/mol. The van der Waals surface area contributed by atoms with Crippen LogP contribution in [0.4, 0.5) is 0 Å². The molecule has 0 atom stereocenters. The smallest absolute Gasteiger partial charge is 0.330 e. The summed E-state index contributed by atoms with van der Waals surface area (Å²) in [7, 11) is -0.444. The molecule has 23 heavy (non-hydrogen) atoms. The maximum Gasteiger partial charge on any atom is 0.330 e. The van der Waals surface area contributed by atoms with Crippen molar-refractivity contribution in [2.45, 2.75) is 24.9 Å². The number of aryl methyl sites for hydroxylation is 3. The molecule has 0 aliphatic rings. The highest BCUT2D eigenvalue weighted by Crippen LogP contribution is 2.07. The molecule has 0 bridgehead atoms. The second-order valence-corrected chi connectivity index (χ2v) is 6.90. The second kappa shape index (κ2) is 6.50. The van der Waals surface area contributed by atoms with Gasteiger partial charge in [0.05, 0.1) is 0 Å². The zero-order valence-electron chi connectivity index (χ0n) is 13.2. The first-order valence-corrected chi connectivity index (χ1v) is 8.47. The average Bonchev–Trinajstić information content (AvgIpc) is 2.83. The molecule has 2 heterocycles. The molecule has 2 aromatic heterocycles. The van der Waals surface area contributed by atoms with Gasteiger partial charge in [0, 0.05) is 45.6 Å². The Morgan fingerprint density at radius 2 is 1.91 bits per heavy atom. The number of rotatable bonds is 6. The van der Waals surface area contributed by atoms with Gasteiger partial charge in [0.25, 0.3) is 15.6 Å². The van der Waals surface area contributed by atoms with Gasteiger partial charge in [0.15, 0.2) is 5.03 Å². The van der Waals surface area contributed by atoms with Crippen molar-refractivity contribution in [3.8, 4) is 0 Å². The minimum atomic E-state index is -3.70. The van der Waals surface area contributed by atoms with Crippen molar-refractivity contribution >= 4 is 10.0 Å². The molecular formula is C13H19N5O4S. The van der Waals surface area contributed by atoms with Crippen molar-refractivity contribution < 1.29 is 8.42 Å². The molecule has 0 saturated carbocycles. The number of hydrogen-bond donors (Lipinski definition) is 1. The van der Waals surface area contributed by atoms with E-state index in [-0.39, 0.29) is 18.1 Å². The van der Waals surface area contributed by atoms with E-state index in [2.05, 4.69) is 9.71 Å². The van der Waals surface area contributed by atoms with Crippen molar-refractivity contribution in [2.24, 2.45) is 14.1 Å². The van der Waals surface area contributed by atoms with Crippen LogP contribution in [0.5, 0.6) is 0 Å². The van der Waals surface area contributed by atoms with E-state index in [1.54, 1.807) is 25.6 Å². The Hall–Kier alpha value is -2.20. The number of imidazole rings is 1. The Bertz CT molecular complexity index is 903. The van der Waals surface area contributed by atoms with E-state index in [1.807, 2.05) is 0 Å². The topological polar surface area (TPSA) is 108 Å². The molecule has 9 nitrogen and oxygen atoms in total. The number of aromatic nitrogens is 4. The van der Waals surface area contributed by atoms with Crippen molar-refractivity contribution in [1.29, 1.82) is 0 Å². The minimum absolute atomic E-state index is 0.0507. The van der Waals surface area contributed by atoms with Crippen LogP contribution in [0.3, 0.4) is 0 Å². The Morgan fingerprint density at radius 1 is 1.22 bits per heavy atom. The number of hydrogen-bond acceptors (Lipinski definition) is 5. The lowest BCUT2D eigenvalue weighted by atomic mass is 10.4. The van der Waals surface area contributed by atoms with E-state index in [0.29, 0.717) is 12.2 Å². The molecule has 126 valence electrons. The first-order chi connectivity index (χ1) is 10.7. The third-order valence-corrected chi connectivity index (χ3v) is 4.78. The summed E-state index contributed by atoms with van der Waals surface area (Å²) >= 11 is 0. The third kappa shape index (κ3) is 3.77. The van der Waals surface area contributed by atoms with Crippen molar-refractivity contribution in [3.63, 3.8) is 0 Å². The van der Waals surface area contributed by atoms with Gasteiger partial charge in [0.2, 0.25) is 0 Å². The van der Waals surface area contributed by atoms with Crippen LogP contribution < -0.4 is 16.0 Å². The summed E-state index contributed by atoms with van der Waals surface area (Å²) < 4.78 is 30.5. The molecule has 0 amide bonds. The average molecular weight is 341 g/mol. The van der Waals surface area contributed by atoms with Crippen LogP contribution >= 0.6 is 0 Å². The largest absolute Gasteiger partial charge is 0.337 e. The van der Waals surface area contributed by atoms with E-state index < -0.39 is 21.3 Å². The lowest BCUT2D eigenvalue weighted by molar-refractivity contribution is 0.544. The Labute approximate surface area is 133 Å². The molecule has 0 aliphatic heterocycles. The van der Waals surface area contributed by atoms with Crippen LogP contribution in [0.2, 0.25) is 0 Å². The van der Waals surface area contributed by atoms with Crippen molar-refractivity contribution in [1.82, 2.24) is 23.4 Å². The molecule has 2 rings (SSSR count). The number of sulfonamides is 1. The molecule has 2 aromatic rings. The number of nitrogens with one attached hydrogen (secondary N) is 1. The first-order valence-electron chi connectivity index (χ1n) is 6.98. The summed E-state index contributed by atoms with van der Waals surface area (Å²) in [4.78, 5) is 27.4. The summed E-state index contributed by atoms with van der Waals surface area (Å²) in [6, 6.07) is 1.29. The van der Waals surface area contributed by atoms with E-state index >= 15 is 0 Å². The van der Waals surface area contributed by atoms with Gasteiger partial charge in [-0.15, -0.1) is 0 Å². The fourth-order valence-electron chi connectivity index (χ4n) is 1.99. The van der Waals surface area contributed by atoms with Crippen LogP contribution in [0, 0.1) is 6.92 Å². The van der Waals surface area contributed by atoms with E-state index in [9.17, 15) is 18.0 Å². The van der Waals surface area contributed by atoms with Gasteiger partial charge in [-0.25, -0.2) is 22.9 Å². The summed E-state index contributed by atoms with van der Waals surface area (Å²) in [5.74, 6) is 0.588. The molecule has 0 unspecified atom stereocenters. The monoisotopic (exact) mass is 341 g/mol. The molecular weight excluding hydrogens is 322 g/mol. The summed E-state index contributed by atoms with van der Waals surface area (Å²) in [6.45, 7) is 1.94. The van der Waals surface area contributed by atoms with Crippen LogP contribution in [0.25, 0.3) is 0 Å². The van der Waals surface area contributed by atoms with Gasteiger partial charge in [-0.3, -0.25) is 9.36 Å². The van der Waals surface area contributed by atoms with E-state index in [4.69, 9.17) is 0 Å². The quantitative estimate of drug-likeness (QED) is 0.675. The van der Waals surface area contributed by atoms with Crippen LogP contribution in [0.15, 0.2) is 33.1 Å². The molecule has 0 saturated heterocycles. The standard InChI is InChI=1S/C13H19N5O4S/c1-10-15-11(9-17(10)3)23(21,22)14-6-4-7-18-12(19)5-8-16(2)13(18)20/h5,8-9,14H,4,6-7H2,1-3H3. The lowest BCUT2D eigenvalue weighted by Crippen LogP contribution is -2.38. The summed E-state index contributed by atoms with van der Waals surface area (Å²) in [6.07, 6.45) is 3.13. The fraction of sp³-hybridized carbons (Fsp3) is 0.462. The highest BCUT2D eigenvalue weighted by molar-refractivity contribution is 7.89. The first kappa shape index (κ1) is 17.2. The van der Waals surface area contributed by atoms with E-state index in [0.717, 1.165) is 4.57 Å².